The fraction of sp³-hybridized carbons (Fsp3) is 0.522. The predicted molar refractivity (Wildman–Crippen MR) is 116 cm³/mol. The van der Waals surface area contributed by atoms with Crippen molar-refractivity contribution in [2.45, 2.75) is 64.6 Å². The van der Waals surface area contributed by atoms with E-state index in [0.717, 1.165) is 11.1 Å². The molecule has 4 amide bonds. The second-order valence-corrected chi connectivity index (χ2v) is 9.04. The highest BCUT2D eigenvalue weighted by atomic mass is 16.6. The van der Waals surface area contributed by atoms with Crippen LogP contribution < -0.4 is 10.6 Å². The molecule has 1 atom stereocenters. The second kappa shape index (κ2) is 10.0. The Bertz CT molecular complexity index is 967. The minimum absolute atomic E-state index is 0.0394. The van der Waals surface area contributed by atoms with Crippen LogP contribution >= 0.6 is 0 Å². The Labute approximate surface area is 192 Å². The van der Waals surface area contributed by atoms with Gasteiger partial charge in [0.15, 0.2) is 0 Å². The number of ether oxygens (including phenoxy) is 2. The van der Waals surface area contributed by atoms with Gasteiger partial charge in [-0.3, -0.25) is 24.5 Å². The van der Waals surface area contributed by atoms with Crippen LogP contribution in [0.25, 0.3) is 0 Å². The number of alkyl carbamates (subject to hydrolysis) is 1. The van der Waals surface area contributed by atoms with Crippen molar-refractivity contribution < 1.29 is 33.4 Å². The monoisotopic (exact) mass is 459 g/mol. The summed E-state index contributed by atoms with van der Waals surface area (Å²) in [6.45, 7) is 5.75. The van der Waals surface area contributed by atoms with Gasteiger partial charge in [0, 0.05) is 24.9 Å². The maximum atomic E-state index is 12.7. The van der Waals surface area contributed by atoms with Crippen molar-refractivity contribution in [1.29, 1.82) is 0 Å². The number of nitrogens with one attached hydrogen (secondary N) is 2. The van der Waals surface area contributed by atoms with E-state index in [4.69, 9.17) is 9.47 Å². The molecule has 0 spiro atoms. The number of aryl methyl sites for hydroxylation is 1. The van der Waals surface area contributed by atoms with Crippen molar-refractivity contribution in [2.75, 3.05) is 13.2 Å². The molecule has 10 heteroatoms. The maximum Gasteiger partial charge on any atom is 0.407 e. The summed E-state index contributed by atoms with van der Waals surface area (Å²) in [6, 6.07) is 4.68. The van der Waals surface area contributed by atoms with Crippen LogP contribution in [0.1, 0.15) is 61.5 Å². The summed E-state index contributed by atoms with van der Waals surface area (Å²) in [6.07, 6.45) is 0.523. The topological polar surface area (TPSA) is 131 Å². The minimum Gasteiger partial charge on any atom is -0.464 e. The SMILES string of the molecule is CC(C)(C)OC(=O)NCCOC(=O)CCc1ccc2c(c1)CN(C1CCC(=O)NC1=O)C2=O. The highest BCUT2D eigenvalue weighted by Crippen LogP contribution is 2.28. The molecule has 0 aliphatic carbocycles. The highest BCUT2D eigenvalue weighted by molar-refractivity contribution is 6.05. The fourth-order valence-electron chi connectivity index (χ4n) is 3.73. The van der Waals surface area contributed by atoms with E-state index in [-0.39, 0.29) is 44.4 Å². The van der Waals surface area contributed by atoms with E-state index in [1.807, 2.05) is 6.07 Å². The van der Waals surface area contributed by atoms with Gasteiger partial charge in [-0.2, -0.15) is 0 Å². The van der Waals surface area contributed by atoms with Gasteiger partial charge in [0.05, 0.1) is 6.54 Å². The molecule has 1 fully saturated rings. The lowest BCUT2D eigenvalue weighted by Crippen LogP contribution is -2.52. The van der Waals surface area contributed by atoms with E-state index in [1.165, 1.54) is 4.90 Å². The molecule has 2 aliphatic rings. The van der Waals surface area contributed by atoms with Gasteiger partial charge in [-0.15, -0.1) is 0 Å². The number of nitrogens with zero attached hydrogens (tertiary/aromatic N) is 1. The molecular formula is C23H29N3O7. The van der Waals surface area contributed by atoms with E-state index in [1.54, 1.807) is 32.9 Å². The quantitative estimate of drug-likeness (QED) is 0.358. The number of hydrogen-bond acceptors (Lipinski definition) is 7. The normalized spacial score (nSPS) is 18.0. The van der Waals surface area contributed by atoms with Gasteiger partial charge in [-0.25, -0.2) is 4.79 Å². The van der Waals surface area contributed by atoms with Gasteiger partial charge in [0.1, 0.15) is 18.2 Å². The van der Waals surface area contributed by atoms with Crippen LogP contribution in [-0.4, -0.2) is 59.5 Å². The summed E-state index contributed by atoms with van der Waals surface area (Å²) in [7, 11) is 0. The number of carbonyl (C=O) groups is 5. The predicted octanol–water partition coefficient (Wildman–Crippen LogP) is 1.45. The number of carbonyl (C=O) groups excluding carboxylic acids is 5. The number of esters is 1. The van der Waals surface area contributed by atoms with Gasteiger partial charge in [0.2, 0.25) is 11.8 Å². The lowest BCUT2D eigenvalue weighted by molar-refractivity contribution is -0.143. The number of rotatable bonds is 7. The van der Waals surface area contributed by atoms with Crippen molar-refractivity contribution >= 4 is 29.8 Å². The summed E-state index contributed by atoms with van der Waals surface area (Å²) >= 11 is 0. The molecule has 2 heterocycles. The number of fused-ring (bicyclic) bond motifs is 1. The Kier molecular flexibility index (Phi) is 7.35. The molecule has 1 saturated heterocycles. The van der Waals surface area contributed by atoms with Crippen LogP contribution in [0.3, 0.4) is 0 Å². The number of amides is 4. The third-order valence-corrected chi connectivity index (χ3v) is 5.24. The molecular weight excluding hydrogens is 430 g/mol. The van der Waals surface area contributed by atoms with Crippen molar-refractivity contribution in [3.05, 3.63) is 34.9 Å². The van der Waals surface area contributed by atoms with Gasteiger partial charge in [0.25, 0.3) is 5.91 Å². The number of imide groups is 1. The zero-order valence-corrected chi connectivity index (χ0v) is 19.1. The molecule has 178 valence electrons. The van der Waals surface area contributed by atoms with Gasteiger partial charge in [-0.05, 0) is 50.8 Å². The van der Waals surface area contributed by atoms with Crippen molar-refractivity contribution in [3.8, 4) is 0 Å². The first kappa shape index (κ1) is 24.2. The van der Waals surface area contributed by atoms with Gasteiger partial charge < -0.3 is 19.7 Å². The van der Waals surface area contributed by atoms with E-state index in [0.29, 0.717) is 18.4 Å². The average Bonchev–Trinajstić information content (AvgIpc) is 3.04. The van der Waals surface area contributed by atoms with E-state index < -0.39 is 29.6 Å². The smallest absolute Gasteiger partial charge is 0.407 e. The highest BCUT2D eigenvalue weighted by Gasteiger charge is 2.39. The fourth-order valence-corrected chi connectivity index (χ4v) is 3.73. The zero-order chi connectivity index (χ0) is 24.2. The molecule has 0 bridgehead atoms. The Morgan fingerprint density at radius 3 is 2.67 bits per heavy atom. The lowest BCUT2D eigenvalue weighted by atomic mass is 10.0. The first-order valence-corrected chi connectivity index (χ1v) is 10.9. The lowest BCUT2D eigenvalue weighted by Gasteiger charge is -2.29. The summed E-state index contributed by atoms with van der Waals surface area (Å²) in [5, 5.41) is 4.80. The average molecular weight is 459 g/mol. The van der Waals surface area contributed by atoms with Crippen molar-refractivity contribution in [2.24, 2.45) is 0 Å². The van der Waals surface area contributed by atoms with Crippen molar-refractivity contribution in [1.82, 2.24) is 15.5 Å². The van der Waals surface area contributed by atoms with Crippen LogP contribution in [-0.2, 0) is 36.8 Å². The second-order valence-electron chi connectivity index (χ2n) is 9.04. The Hall–Kier alpha value is -3.43. The molecule has 2 N–H and O–H groups in total. The first-order valence-electron chi connectivity index (χ1n) is 10.9. The van der Waals surface area contributed by atoms with Crippen LogP contribution in [0.5, 0.6) is 0 Å². The maximum absolute atomic E-state index is 12.7. The standard InChI is InChI=1S/C23H29N3O7/c1-23(2,3)33-22(31)24-10-11-32-19(28)9-5-14-4-6-16-15(12-14)13-26(21(16)30)17-7-8-18(27)25-20(17)29/h4,6,12,17H,5,7-11,13H2,1-3H3,(H,24,31)(H,25,27,29). The molecule has 33 heavy (non-hydrogen) atoms. The summed E-state index contributed by atoms with van der Waals surface area (Å²) < 4.78 is 10.2. The Balaban J connectivity index is 1.44. The van der Waals surface area contributed by atoms with Gasteiger partial charge >= 0.3 is 12.1 Å². The first-order chi connectivity index (χ1) is 15.5. The largest absolute Gasteiger partial charge is 0.464 e. The Morgan fingerprint density at radius 1 is 1.21 bits per heavy atom. The number of benzene rings is 1. The molecule has 1 unspecified atom stereocenters. The van der Waals surface area contributed by atoms with Crippen LogP contribution in [0, 0.1) is 0 Å². The summed E-state index contributed by atoms with van der Waals surface area (Å²) in [5.41, 5.74) is 1.59. The molecule has 1 aromatic rings. The summed E-state index contributed by atoms with van der Waals surface area (Å²) in [5.74, 6) is -1.41. The minimum atomic E-state index is -0.657. The van der Waals surface area contributed by atoms with Crippen LogP contribution in [0.4, 0.5) is 4.79 Å². The molecule has 0 radical (unpaired) electrons. The van der Waals surface area contributed by atoms with E-state index in [2.05, 4.69) is 10.6 Å². The number of hydrogen-bond donors (Lipinski definition) is 2. The molecule has 3 rings (SSSR count). The number of piperidine rings is 1. The summed E-state index contributed by atoms with van der Waals surface area (Å²) in [4.78, 5) is 61.3. The Morgan fingerprint density at radius 2 is 1.97 bits per heavy atom. The molecule has 0 saturated carbocycles. The molecule has 10 nitrogen and oxygen atoms in total. The molecule has 2 aliphatic heterocycles. The van der Waals surface area contributed by atoms with Crippen molar-refractivity contribution in [3.63, 3.8) is 0 Å². The third-order valence-electron chi connectivity index (χ3n) is 5.24. The van der Waals surface area contributed by atoms with Crippen LogP contribution in [0.2, 0.25) is 0 Å². The van der Waals surface area contributed by atoms with Crippen LogP contribution in [0.15, 0.2) is 18.2 Å². The molecule has 1 aromatic carbocycles. The third kappa shape index (κ3) is 6.53. The van der Waals surface area contributed by atoms with E-state index >= 15 is 0 Å². The zero-order valence-electron chi connectivity index (χ0n) is 19.1. The van der Waals surface area contributed by atoms with Gasteiger partial charge in [-0.1, -0.05) is 12.1 Å². The van der Waals surface area contributed by atoms with E-state index in [9.17, 15) is 24.0 Å². The molecule has 0 aromatic heterocycles.